The van der Waals surface area contributed by atoms with Gasteiger partial charge < -0.3 is 33.8 Å². The second-order valence-corrected chi connectivity index (χ2v) is 26.2. The van der Waals surface area contributed by atoms with Gasteiger partial charge in [-0.15, -0.1) is 0 Å². The summed E-state index contributed by atoms with van der Waals surface area (Å²) in [6.45, 7) is 11.6. The molecule has 0 aromatic carbocycles. The highest BCUT2D eigenvalue weighted by atomic mass is 31.2. The number of phosphoric acid groups is 2. The molecule has 0 aliphatic rings. The lowest BCUT2D eigenvalue weighted by molar-refractivity contribution is -0.161. The molecule has 0 spiro atoms. The second-order valence-electron chi connectivity index (χ2n) is 23.3. The maximum atomic E-state index is 12.9. The molecule has 0 aliphatic carbocycles. The molecule has 0 radical (unpaired) electrons. The molecule has 0 heterocycles. The highest BCUT2D eigenvalue weighted by Crippen LogP contribution is 2.45. The van der Waals surface area contributed by atoms with Crippen LogP contribution in [0.2, 0.25) is 0 Å². The molecule has 0 aliphatic heterocycles. The molecule has 6 atom stereocenters. The van der Waals surface area contributed by atoms with E-state index in [1.165, 1.54) is 96.3 Å². The zero-order chi connectivity index (χ0) is 59.5. The van der Waals surface area contributed by atoms with Gasteiger partial charge in [0.1, 0.15) is 19.3 Å². The fourth-order valence-electron chi connectivity index (χ4n) is 8.92. The van der Waals surface area contributed by atoms with Crippen molar-refractivity contribution in [2.75, 3.05) is 39.6 Å². The SMILES string of the molecule is CCCCCCCC(=O)OC[C@H](COP(=O)(O)OC[C@H](O)COP(=O)(O)OC[C@@H](COC(=O)CCCCCCCCCCC(C)CC)OC(=O)CCCCCCCCCCCC(C)C)OC(=O)CCCCCCCCCCC(C)C. The lowest BCUT2D eigenvalue weighted by Crippen LogP contribution is -2.30. The first-order valence-corrected chi connectivity index (χ1v) is 34.9. The Balaban J connectivity index is 5.20. The Morgan fingerprint density at radius 1 is 0.362 bits per heavy atom. The van der Waals surface area contributed by atoms with E-state index < -0.39 is 97.5 Å². The molecule has 3 unspecified atom stereocenters. The van der Waals surface area contributed by atoms with E-state index in [1.54, 1.807) is 0 Å². The number of rotatable bonds is 59. The maximum absolute atomic E-state index is 12.9. The van der Waals surface area contributed by atoms with Crippen LogP contribution < -0.4 is 0 Å². The molecule has 0 saturated carbocycles. The number of phosphoric ester groups is 2. The average molecular weight is 1190 g/mol. The van der Waals surface area contributed by atoms with E-state index in [1.807, 2.05) is 0 Å². The summed E-state index contributed by atoms with van der Waals surface area (Å²) in [5, 5.41) is 10.5. The summed E-state index contributed by atoms with van der Waals surface area (Å²) in [6, 6.07) is 0. The molecule has 0 rings (SSSR count). The van der Waals surface area contributed by atoms with E-state index in [-0.39, 0.29) is 25.7 Å². The van der Waals surface area contributed by atoms with Gasteiger partial charge in [0.15, 0.2) is 12.2 Å². The van der Waals surface area contributed by atoms with Gasteiger partial charge >= 0.3 is 39.5 Å². The van der Waals surface area contributed by atoms with Crippen LogP contribution >= 0.6 is 15.6 Å². The summed E-state index contributed by atoms with van der Waals surface area (Å²) in [5.74, 6) is 0.0804. The predicted octanol–water partition coefficient (Wildman–Crippen LogP) is 16.3. The summed E-state index contributed by atoms with van der Waals surface area (Å²) >= 11 is 0. The standard InChI is InChI=1S/C61H118O17P2/c1-8-10-11-25-35-42-58(63)71-48-56(77-61(66)45-38-31-24-17-15-20-27-33-40-53(5)6)50-75-79(67,68)73-46-55(62)47-74-80(69,70)76-51-57(78-60(65)44-37-30-23-14-12-13-19-26-32-39-52(3)4)49-72-59(64)43-36-29-22-18-16-21-28-34-41-54(7)9-2/h52-57,62H,8-51H2,1-7H3,(H,67,68)(H,69,70)/t54?,55-,56+,57+/m0/s1. The molecule has 0 aromatic heterocycles. The zero-order valence-electron chi connectivity index (χ0n) is 51.5. The molecule has 474 valence electrons. The van der Waals surface area contributed by atoms with Crippen LogP contribution in [0.25, 0.3) is 0 Å². The first kappa shape index (κ1) is 78.1. The quantitative estimate of drug-likeness (QED) is 0.0222. The number of aliphatic hydroxyl groups excluding tert-OH is 1. The molecular weight excluding hydrogens is 1070 g/mol. The number of aliphatic hydroxyl groups is 1. The number of hydrogen-bond acceptors (Lipinski definition) is 15. The highest BCUT2D eigenvalue weighted by molar-refractivity contribution is 7.47. The minimum absolute atomic E-state index is 0.103. The summed E-state index contributed by atoms with van der Waals surface area (Å²) in [5.41, 5.74) is 0. The summed E-state index contributed by atoms with van der Waals surface area (Å²) in [4.78, 5) is 71.8. The Labute approximate surface area is 486 Å². The third-order valence-corrected chi connectivity index (χ3v) is 16.1. The van der Waals surface area contributed by atoms with Crippen molar-refractivity contribution in [2.24, 2.45) is 17.8 Å². The Bertz CT molecular complexity index is 1600. The van der Waals surface area contributed by atoms with Crippen LogP contribution in [0.4, 0.5) is 0 Å². The van der Waals surface area contributed by atoms with E-state index in [4.69, 9.17) is 37.0 Å². The lowest BCUT2D eigenvalue weighted by atomic mass is 9.99. The van der Waals surface area contributed by atoms with Crippen LogP contribution in [-0.2, 0) is 65.4 Å². The fraction of sp³-hybridized carbons (Fsp3) is 0.934. The van der Waals surface area contributed by atoms with Crippen LogP contribution in [-0.4, -0.2) is 96.7 Å². The van der Waals surface area contributed by atoms with Crippen LogP contribution in [0.3, 0.4) is 0 Å². The van der Waals surface area contributed by atoms with E-state index in [2.05, 4.69) is 48.5 Å². The minimum Gasteiger partial charge on any atom is -0.462 e. The third-order valence-electron chi connectivity index (χ3n) is 14.2. The summed E-state index contributed by atoms with van der Waals surface area (Å²) < 4.78 is 67.7. The molecular formula is C61H118O17P2. The molecule has 19 heteroatoms. The van der Waals surface area contributed by atoms with Gasteiger partial charge in [0.2, 0.25) is 0 Å². The number of unbranched alkanes of at least 4 members (excludes halogenated alkanes) is 26. The number of ether oxygens (including phenoxy) is 4. The molecule has 80 heavy (non-hydrogen) atoms. The first-order chi connectivity index (χ1) is 38.3. The zero-order valence-corrected chi connectivity index (χ0v) is 53.3. The van der Waals surface area contributed by atoms with Crippen molar-refractivity contribution in [1.82, 2.24) is 0 Å². The van der Waals surface area contributed by atoms with Crippen LogP contribution in [0.15, 0.2) is 0 Å². The van der Waals surface area contributed by atoms with Crippen molar-refractivity contribution in [3.05, 3.63) is 0 Å². The van der Waals surface area contributed by atoms with Crippen molar-refractivity contribution in [1.29, 1.82) is 0 Å². The predicted molar refractivity (Wildman–Crippen MR) is 317 cm³/mol. The largest absolute Gasteiger partial charge is 0.472 e. The smallest absolute Gasteiger partial charge is 0.462 e. The van der Waals surface area contributed by atoms with Crippen molar-refractivity contribution >= 4 is 39.5 Å². The monoisotopic (exact) mass is 1180 g/mol. The van der Waals surface area contributed by atoms with Gasteiger partial charge in [0.05, 0.1) is 26.4 Å². The molecule has 0 saturated heterocycles. The lowest BCUT2D eigenvalue weighted by Gasteiger charge is -2.21. The van der Waals surface area contributed by atoms with Gasteiger partial charge in [-0.25, -0.2) is 9.13 Å². The Kier molecular flexibility index (Phi) is 51.3. The number of esters is 4. The van der Waals surface area contributed by atoms with Crippen LogP contribution in [0, 0.1) is 17.8 Å². The van der Waals surface area contributed by atoms with E-state index in [0.29, 0.717) is 25.7 Å². The maximum Gasteiger partial charge on any atom is 0.472 e. The fourth-order valence-corrected chi connectivity index (χ4v) is 10.5. The van der Waals surface area contributed by atoms with Gasteiger partial charge in [0.25, 0.3) is 0 Å². The van der Waals surface area contributed by atoms with Gasteiger partial charge in [-0.2, -0.15) is 0 Å². The molecule has 0 bridgehead atoms. The molecule has 0 amide bonds. The molecule has 17 nitrogen and oxygen atoms in total. The minimum atomic E-state index is -4.94. The van der Waals surface area contributed by atoms with Crippen molar-refractivity contribution < 1.29 is 80.2 Å². The van der Waals surface area contributed by atoms with Gasteiger partial charge in [-0.3, -0.25) is 37.3 Å². The van der Waals surface area contributed by atoms with Gasteiger partial charge in [0, 0.05) is 25.7 Å². The van der Waals surface area contributed by atoms with Crippen LogP contribution in [0.5, 0.6) is 0 Å². The molecule has 0 aromatic rings. The number of carbonyl (C=O) groups is 4. The van der Waals surface area contributed by atoms with E-state index in [0.717, 1.165) is 114 Å². The Morgan fingerprint density at radius 2 is 0.637 bits per heavy atom. The van der Waals surface area contributed by atoms with Gasteiger partial charge in [-0.05, 0) is 43.4 Å². The normalized spacial score (nSPS) is 14.8. The highest BCUT2D eigenvalue weighted by Gasteiger charge is 2.30. The van der Waals surface area contributed by atoms with Crippen molar-refractivity contribution in [3.63, 3.8) is 0 Å². The van der Waals surface area contributed by atoms with Crippen molar-refractivity contribution in [3.8, 4) is 0 Å². The summed E-state index contributed by atoms with van der Waals surface area (Å²) in [7, 11) is -9.87. The topological polar surface area (TPSA) is 237 Å². The van der Waals surface area contributed by atoms with Crippen molar-refractivity contribution in [2.45, 2.75) is 311 Å². The third kappa shape index (κ3) is 54.0. The second kappa shape index (κ2) is 52.6. The number of hydrogen-bond donors (Lipinski definition) is 3. The Morgan fingerprint density at radius 3 is 0.950 bits per heavy atom. The Hall–Kier alpha value is -1.94. The van der Waals surface area contributed by atoms with Crippen LogP contribution in [0.1, 0.15) is 292 Å². The van der Waals surface area contributed by atoms with Gasteiger partial charge in [-0.1, -0.05) is 241 Å². The summed E-state index contributed by atoms with van der Waals surface area (Å²) in [6.07, 6.45) is 32.4. The number of carbonyl (C=O) groups excluding carboxylic acids is 4. The molecule has 3 N–H and O–H groups in total. The molecule has 0 fully saturated rings. The van der Waals surface area contributed by atoms with E-state index >= 15 is 0 Å². The first-order valence-electron chi connectivity index (χ1n) is 31.9. The van der Waals surface area contributed by atoms with E-state index in [9.17, 15) is 43.2 Å². The average Bonchev–Trinajstić information content (AvgIpc) is 3.41.